The summed E-state index contributed by atoms with van der Waals surface area (Å²) < 4.78 is 16.6. The van der Waals surface area contributed by atoms with E-state index in [2.05, 4.69) is 56.7 Å². The van der Waals surface area contributed by atoms with Crippen LogP contribution in [0.5, 0.6) is 0 Å². The monoisotopic (exact) mass is 504 g/mol. The lowest BCUT2D eigenvalue weighted by molar-refractivity contribution is 0.250. The van der Waals surface area contributed by atoms with Gasteiger partial charge in [0.1, 0.15) is 5.82 Å². The van der Waals surface area contributed by atoms with Gasteiger partial charge in [0.05, 0.1) is 24.3 Å². The molecule has 4 aromatic rings. The fraction of sp³-hybridized carbons (Fsp3) is 0.370. The third-order valence-corrected chi connectivity index (χ3v) is 5.96. The zero-order chi connectivity index (χ0) is 26.7. The molecular weight excluding hydrogens is 471 g/mol. The number of fused-ring (bicyclic) bond motifs is 1. The molecule has 0 saturated heterocycles. The van der Waals surface area contributed by atoms with Crippen molar-refractivity contribution in [3.63, 3.8) is 0 Å². The fourth-order valence-corrected chi connectivity index (χ4v) is 3.91. The Labute approximate surface area is 216 Å². The number of amides is 2. The van der Waals surface area contributed by atoms with Crippen LogP contribution in [0.3, 0.4) is 0 Å². The zero-order valence-corrected chi connectivity index (χ0v) is 22.1. The average Bonchev–Trinajstić information content (AvgIpc) is 3.23. The van der Waals surface area contributed by atoms with E-state index >= 15 is 0 Å². The second-order valence-corrected chi connectivity index (χ2v) is 10.5. The summed E-state index contributed by atoms with van der Waals surface area (Å²) in [5, 5.41) is 9.36. The molecule has 37 heavy (non-hydrogen) atoms. The molecule has 0 saturated carbocycles. The topological polar surface area (TPSA) is 110 Å². The van der Waals surface area contributed by atoms with E-state index in [-0.39, 0.29) is 11.1 Å². The standard InChI is InChI=1S/C27H33FN8O/c1-16-9-22(28)23(34-26(37)29-8-7-27(3,4)5)11-20(16)21-10-18-12-30-25(35-24(18)33-17(21)2)31-13-19-14-36(6)15-32-19/h9-12,14-15H,7-8,13H2,1-6H3,(H2,29,34,37)(H,30,31,33,35). The molecule has 0 fully saturated rings. The molecule has 3 aromatic heterocycles. The number of carbonyl (C=O) groups excluding carboxylic acids is 1. The molecule has 4 rings (SSSR count). The maximum atomic E-state index is 14.7. The molecule has 0 aliphatic carbocycles. The maximum Gasteiger partial charge on any atom is 0.319 e. The average molecular weight is 505 g/mol. The molecule has 9 nitrogen and oxygen atoms in total. The summed E-state index contributed by atoms with van der Waals surface area (Å²) in [5.41, 5.74) is 4.69. The smallest absolute Gasteiger partial charge is 0.319 e. The number of nitrogens with zero attached hydrogens (tertiary/aromatic N) is 5. The van der Waals surface area contributed by atoms with E-state index < -0.39 is 11.8 Å². The van der Waals surface area contributed by atoms with E-state index in [4.69, 9.17) is 0 Å². The van der Waals surface area contributed by atoms with Gasteiger partial charge in [-0.2, -0.15) is 4.98 Å². The van der Waals surface area contributed by atoms with Crippen molar-refractivity contribution in [1.82, 2.24) is 29.8 Å². The third-order valence-electron chi connectivity index (χ3n) is 5.96. The van der Waals surface area contributed by atoms with Gasteiger partial charge in [-0.3, -0.25) is 0 Å². The number of hydrogen-bond acceptors (Lipinski definition) is 6. The number of aromatic nitrogens is 5. The molecular formula is C27H33FN8O. The van der Waals surface area contributed by atoms with Gasteiger partial charge in [-0.1, -0.05) is 20.8 Å². The predicted molar refractivity (Wildman–Crippen MR) is 144 cm³/mol. The van der Waals surface area contributed by atoms with Crippen molar-refractivity contribution in [3.8, 4) is 11.1 Å². The molecule has 0 aliphatic heterocycles. The minimum Gasteiger partial charge on any atom is -0.348 e. The Morgan fingerprint density at radius 2 is 1.86 bits per heavy atom. The molecule has 2 amide bonds. The molecule has 0 bridgehead atoms. The Balaban J connectivity index is 1.55. The molecule has 1 aromatic carbocycles. The number of benzene rings is 1. The van der Waals surface area contributed by atoms with E-state index in [0.717, 1.165) is 39.9 Å². The van der Waals surface area contributed by atoms with E-state index in [0.29, 0.717) is 24.7 Å². The van der Waals surface area contributed by atoms with Crippen molar-refractivity contribution in [2.45, 2.75) is 47.6 Å². The highest BCUT2D eigenvalue weighted by Crippen LogP contribution is 2.32. The van der Waals surface area contributed by atoms with Gasteiger partial charge in [0.15, 0.2) is 5.65 Å². The first-order chi connectivity index (χ1) is 17.5. The predicted octanol–water partition coefficient (Wildman–Crippen LogP) is 5.35. The minimum atomic E-state index is -0.495. The molecule has 194 valence electrons. The van der Waals surface area contributed by atoms with Crippen LogP contribution in [0.2, 0.25) is 0 Å². The van der Waals surface area contributed by atoms with Gasteiger partial charge >= 0.3 is 6.03 Å². The van der Waals surface area contributed by atoms with Crippen LogP contribution in [0.25, 0.3) is 22.2 Å². The first-order valence-corrected chi connectivity index (χ1v) is 12.2. The highest BCUT2D eigenvalue weighted by atomic mass is 19.1. The number of halogens is 1. The lowest BCUT2D eigenvalue weighted by atomic mass is 9.92. The van der Waals surface area contributed by atoms with Crippen molar-refractivity contribution < 1.29 is 9.18 Å². The summed E-state index contributed by atoms with van der Waals surface area (Å²) in [4.78, 5) is 30.3. The van der Waals surface area contributed by atoms with Crippen LogP contribution in [-0.4, -0.2) is 37.1 Å². The van der Waals surface area contributed by atoms with Crippen LogP contribution in [-0.2, 0) is 13.6 Å². The molecule has 3 heterocycles. The summed E-state index contributed by atoms with van der Waals surface area (Å²) in [6.45, 7) is 11.0. The summed E-state index contributed by atoms with van der Waals surface area (Å²) in [6.07, 6.45) is 6.18. The lowest BCUT2D eigenvalue weighted by Gasteiger charge is -2.18. The Hall–Kier alpha value is -4.08. The van der Waals surface area contributed by atoms with Gasteiger partial charge < -0.3 is 20.5 Å². The van der Waals surface area contributed by atoms with Crippen LogP contribution in [0.15, 0.2) is 36.9 Å². The molecule has 0 aliphatic rings. The normalized spacial score (nSPS) is 11.5. The molecule has 0 radical (unpaired) electrons. The van der Waals surface area contributed by atoms with Crippen LogP contribution in [0.4, 0.5) is 20.8 Å². The highest BCUT2D eigenvalue weighted by Gasteiger charge is 2.16. The third kappa shape index (κ3) is 6.58. The molecule has 0 atom stereocenters. The van der Waals surface area contributed by atoms with E-state index in [1.165, 1.54) is 6.07 Å². The van der Waals surface area contributed by atoms with Gasteiger partial charge in [0.2, 0.25) is 5.95 Å². The molecule has 0 unspecified atom stereocenters. The van der Waals surface area contributed by atoms with E-state index in [1.54, 1.807) is 18.6 Å². The van der Waals surface area contributed by atoms with E-state index in [9.17, 15) is 9.18 Å². The zero-order valence-electron chi connectivity index (χ0n) is 22.1. The first kappa shape index (κ1) is 26.0. The van der Waals surface area contributed by atoms with Gasteiger partial charge in [0.25, 0.3) is 0 Å². The number of pyridine rings is 1. The van der Waals surface area contributed by atoms with E-state index in [1.807, 2.05) is 37.7 Å². The van der Waals surface area contributed by atoms with Gasteiger partial charge in [0, 0.05) is 42.6 Å². The number of rotatable bonds is 7. The Bertz CT molecular complexity index is 1440. The number of imidazole rings is 1. The Morgan fingerprint density at radius 1 is 1.08 bits per heavy atom. The highest BCUT2D eigenvalue weighted by molar-refractivity contribution is 5.91. The van der Waals surface area contributed by atoms with Crippen molar-refractivity contribution >= 4 is 28.7 Å². The number of hydrogen-bond donors (Lipinski definition) is 3. The largest absolute Gasteiger partial charge is 0.348 e. The van der Waals surface area contributed by atoms with Crippen molar-refractivity contribution in [1.29, 1.82) is 0 Å². The van der Waals surface area contributed by atoms with Gasteiger partial charge in [-0.25, -0.2) is 24.1 Å². The van der Waals surface area contributed by atoms with Crippen LogP contribution >= 0.6 is 0 Å². The lowest BCUT2D eigenvalue weighted by Crippen LogP contribution is -2.31. The Morgan fingerprint density at radius 3 is 2.57 bits per heavy atom. The van der Waals surface area contributed by atoms with Crippen LogP contribution in [0.1, 0.15) is 44.1 Å². The second kappa shape index (κ2) is 10.5. The van der Waals surface area contributed by atoms with Crippen LogP contribution in [0, 0.1) is 25.1 Å². The molecule has 10 heteroatoms. The summed E-state index contributed by atoms with van der Waals surface area (Å²) in [6, 6.07) is 4.57. The van der Waals surface area contributed by atoms with Gasteiger partial charge in [-0.05, 0) is 55.0 Å². The summed E-state index contributed by atoms with van der Waals surface area (Å²) >= 11 is 0. The van der Waals surface area contributed by atoms with Crippen LogP contribution < -0.4 is 16.0 Å². The summed E-state index contributed by atoms with van der Waals surface area (Å²) in [5.74, 6) is -0.0368. The number of anilines is 2. The number of aryl methyl sites for hydroxylation is 3. The molecule has 0 spiro atoms. The fourth-order valence-electron chi connectivity index (χ4n) is 3.91. The molecule has 3 N–H and O–H groups in total. The maximum absolute atomic E-state index is 14.7. The summed E-state index contributed by atoms with van der Waals surface area (Å²) in [7, 11) is 1.91. The minimum absolute atomic E-state index is 0.0931. The van der Waals surface area contributed by atoms with Crippen molar-refractivity contribution in [2.75, 3.05) is 17.2 Å². The number of carbonyl (C=O) groups is 1. The number of nitrogens with one attached hydrogen (secondary N) is 3. The Kier molecular flexibility index (Phi) is 7.37. The SMILES string of the molecule is Cc1cc(F)c(NC(=O)NCCC(C)(C)C)cc1-c1cc2cnc(NCc3cn(C)cn3)nc2nc1C. The van der Waals surface area contributed by atoms with Crippen molar-refractivity contribution in [2.24, 2.45) is 12.5 Å². The number of urea groups is 1. The first-order valence-electron chi connectivity index (χ1n) is 12.2. The van der Waals surface area contributed by atoms with Crippen molar-refractivity contribution in [3.05, 3.63) is 59.7 Å². The van der Waals surface area contributed by atoms with Gasteiger partial charge in [-0.15, -0.1) is 0 Å². The quantitative estimate of drug-likeness (QED) is 0.313. The second-order valence-electron chi connectivity index (χ2n) is 10.5.